The van der Waals surface area contributed by atoms with Crippen molar-refractivity contribution in [3.63, 3.8) is 0 Å². The molecular weight excluding hydrogens is 141 g/mol. The lowest BCUT2D eigenvalue weighted by Crippen LogP contribution is -2.08. The Kier molecular flexibility index (Phi) is 1.94. The zero-order valence-electron chi connectivity index (χ0n) is 6.07. The minimum Gasteiger partial charge on any atom is -0.258 e. The minimum absolute atomic E-state index is 0.0231. The van der Waals surface area contributed by atoms with E-state index < -0.39 is 4.92 Å². The van der Waals surface area contributed by atoms with Gasteiger partial charge in [-0.25, -0.2) is 0 Å². The van der Waals surface area contributed by atoms with Gasteiger partial charge in [-0.2, -0.15) is 0 Å². The Morgan fingerprint density at radius 2 is 2.18 bits per heavy atom. The minimum atomic E-state index is -0.484. The molecule has 0 fully saturated rings. The lowest BCUT2D eigenvalue weighted by Gasteiger charge is -1.97. The maximum absolute atomic E-state index is 10.3. The second kappa shape index (κ2) is 2.74. The van der Waals surface area contributed by atoms with Crippen LogP contribution in [0, 0.1) is 17.0 Å². The number of hydrogen-bond acceptors (Lipinski definition) is 2. The molecule has 11 heavy (non-hydrogen) atoms. The van der Waals surface area contributed by atoms with E-state index in [0.717, 1.165) is 5.56 Å². The van der Waals surface area contributed by atoms with Crippen molar-refractivity contribution in [2.45, 2.75) is 6.92 Å². The molecule has 1 rings (SSSR count). The van der Waals surface area contributed by atoms with Gasteiger partial charge in [-0.1, -0.05) is 12.1 Å². The monoisotopic (exact) mass is 147 g/mol. The molecule has 0 unspecified atom stereocenters. The van der Waals surface area contributed by atoms with E-state index in [4.69, 9.17) is 7.85 Å². The van der Waals surface area contributed by atoms with Crippen LogP contribution < -0.4 is 5.46 Å². The molecule has 0 aliphatic carbocycles. The largest absolute Gasteiger partial charge is 0.262 e. The SMILES string of the molecule is [B]c1ccc(C)cc1[N+](=O)[O-]. The Balaban J connectivity index is 3.23. The number of nitrogens with zero attached hydrogens (tertiary/aromatic N) is 1. The maximum Gasteiger partial charge on any atom is 0.262 e. The van der Waals surface area contributed by atoms with Crippen molar-refractivity contribution in [1.82, 2.24) is 0 Å². The highest BCUT2D eigenvalue weighted by molar-refractivity contribution is 6.35. The Morgan fingerprint density at radius 3 is 2.64 bits per heavy atom. The van der Waals surface area contributed by atoms with Gasteiger partial charge in [0.25, 0.3) is 5.69 Å². The number of nitro groups is 1. The highest BCUT2D eigenvalue weighted by Crippen LogP contribution is 2.08. The number of rotatable bonds is 1. The van der Waals surface area contributed by atoms with Crippen molar-refractivity contribution in [2.75, 3.05) is 0 Å². The first-order valence-corrected chi connectivity index (χ1v) is 3.12. The molecule has 4 heteroatoms. The lowest BCUT2D eigenvalue weighted by atomic mass is 9.93. The van der Waals surface area contributed by atoms with Crippen molar-refractivity contribution in [2.24, 2.45) is 0 Å². The number of hydrogen-bond donors (Lipinski definition) is 0. The smallest absolute Gasteiger partial charge is 0.258 e. The van der Waals surface area contributed by atoms with Crippen LogP contribution in [0.15, 0.2) is 18.2 Å². The van der Waals surface area contributed by atoms with Crippen LogP contribution in [-0.4, -0.2) is 12.8 Å². The second-order valence-corrected chi connectivity index (χ2v) is 2.32. The Hall–Kier alpha value is -1.32. The fraction of sp³-hybridized carbons (Fsp3) is 0.143. The molecule has 0 heterocycles. The van der Waals surface area contributed by atoms with Crippen LogP contribution in [0.4, 0.5) is 5.69 Å². The summed E-state index contributed by atoms with van der Waals surface area (Å²) in [6.07, 6.45) is 0. The summed E-state index contributed by atoms with van der Waals surface area (Å²) in [6.45, 7) is 1.78. The van der Waals surface area contributed by atoms with Gasteiger partial charge >= 0.3 is 0 Å². The Labute approximate surface area is 65.6 Å². The Bertz CT molecular complexity index is 298. The van der Waals surface area contributed by atoms with Crippen molar-refractivity contribution in [1.29, 1.82) is 0 Å². The molecule has 1 aromatic carbocycles. The molecule has 0 amide bonds. The third-order valence-corrected chi connectivity index (χ3v) is 1.38. The van der Waals surface area contributed by atoms with Crippen LogP contribution in [0.5, 0.6) is 0 Å². The van der Waals surface area contributed by atoms with Crippen LogP contribution in [0.2, 0.25) is 0 Å². The molecule has 54 valence electrons. The van der Waals surface area contributed by atoms with Crippen molar-refractivity contribution in [3.05, 3.63) is 33.9 Å². The van der Waals surface area contributed by atoms with E-state index in [0.29, 0.717) is 0 Å². The zero-order valence-corrected chi connectivity index (χ0v) is 6.07. The number of benzene rings is 1. The lowest BCUT2D eigenvalue weighted by molar-refractivity contribution is -0.383. The third kappa shape index (κ3) is 1.58. The molecule has 0 spiro atoms. The quantitative estimate of drug-likeness (QED) is 0.333. The van der Waals surface area contributed by atoms with E-state index in [1.165, 1.54) is 12.1 Å². The van der Waals surface area contributed by atoms with Crippen LogP contribution in [-0.2, 0) is 0 Å². The number of nitro benzene ring substituents is 1. The summed E-state index contributed by atoms with van der Waals surface area (Å²) in [4.78, 5) is 9.82. The van der Waals surface area contributed by atoms with Crippen LogP contribution in [0.1, 0.15) is 5.56 Å². The fourth-order valence-corrected chi connectivity index (χ4v) is 0.812. The summed E-state index contributed by atoms with van der Waals surface area (Å²) in [7, 11) is 5.35. The van der Waals surface area contributed by atoms with Gasteiger partial charge in [-0.15, -0.1) is 0 Å². The summed E-state index contributed by atoms with van der Waals surface area (Å²) >= 11 is 0. The molecule has 0 aromatic heterocycles. The van der Waals surface area contributed by atoms with E-state index in [2.05, 4.69) is 0 Å². The van der Waals surface area contributed by atoms with Crippen LogP contribution >= 0.6 is 0 Å². The zero-order chi connectivity index (χ0) is 8.43. The molecule has 3 nitrogen and oxygen atoms in total. The molecule has 1 aromatic rings. The van der Waals surface area contributed by atoms with Crippen LogP contribution in [0.3, 0.4) is 0 Å². The molecule has 0 aliphatic heterocycles. The van der Waals surface area contributed by atoms with Gasteiger partial charge in [0, 0.05) is 6.07 Å². The number of aryl methyl sites for hydroxylation is 1. The normalized spacial score (nSPS) is 9.55. The van der Waals surface area contributed by atoms with Gasteiger partial charge in [0.05, 0.1) is 4.92 Å². The predicted octanol–water partition coefficient (Wildman–Crippen LogP) is 0.697. The van der Waals surface area contributed by atoms with Gasteiger partial charge in [-0.05, 0) is 17.9 Å². The van der Waals surface area contributed by atoms with Crippen molar-refractivity contribution >= 4 is 19.0 Å². The van der Waals surface area contributed by atoms with Crippen molar-refractivity contribution < 1.29 is 4.92 Å². The van der Waals surface area contributed by atoms with Gasteiger partial charge in [0.2, 0.25) is 0 Å². The third-order valence-electron chi connectivity index (χ3n) is 1.38. The molecule has 0 aliphatic rings. The molecule has 0 bridgehead atoms. The molecule has 0 atom stereocenters. The highest BCUT2D eigenvalue weighted by atomic mass is 16.6. The summed E-state index contributed by atoms with van der Waals surface area (Å²) in [6, 6.07) is 4.73. The molecule has 0 saturated heterocycles. The summed E-state index contributed by atoms with van der Waals surface area (Å²) in [5.74, 6) is 0. The average molecular weight is 147 g/mol. The maximum atomic E-state index is 10.3. The van der Waals surface area contributed by atoms with Crippen molar-refractivity contribution in [3.8, 4) is 0 Å². The standard InChI is InChI=1S/C7H6BNO2/c1-5-2-3-6(8)7(4-5)9(10)11/h2-4H,1H3. The van der Waals surface area contributed by atoms with Gasteiger partial charge in [-0.3, -0.25) is 10.1 Å². The van der Waals surface area contributed by atoms with Gasteiger partial charge in [0.15, 0.2) is 0 Å². The fourth-order valence-electron chi connectivity index (χ4n) is 0.812. The molecule has 0 N–H and O–H groups in total. The van der Waals surface area contributed by atoms with Crippen LogP contribution in [0.25, 0.3) is 0 Å². The van der Waals surface area contributed by atoms with Gasteiger partial charge in [0.1, 0.15) is 7.85 Å². The van der Waals surface area contributed by atoms with E-state index in [1.807, 2.05) is 0 Å². The molecular formula is C7H6BNO2. The predicted molar refractivity (Wildman–Crippen MR) is 43.2 cm³/mol. The average Bonchev–Trinajstić information content (AvgIpc) is 1.94. The molecule has 2 radical (unpaired) electrons. The first-order valence-electron chi connectivity index (χ1n) is 3.12. The summed E-state index contributed by atoms with van der Waals surface area (Å²) in [5.41, 5.74) is 1.02. The highest BCUT2D eigenvalue weighted by Gasteiger charge is 2.07. The van der Waals surface area contributed by atoms with E-state index in [1.54, 1.807) is 13.0 Å². The topological polar surface area (TPSA) is 43.1 Å². The van der Waals surface area contributed by atoms with Gasteiger partial charge < -0.3 is 0 Å². The van der Waals surface area contributed by atoms with E-state index in [-0.39, 0.29) is 11.2 Å². The van der Waals surface area contributed by atoms with E-state index in [9.17, 15) is 10.1 Å². The summed E-state index contributed by atoms with van der Waals surface area (Å²) < 4.78 is 0. The van der Waals surface area contributed by atoms with E-state index >= 15 is 0 Å². The first kappa shape index (κ1) is 7.79. The Morgan fingerprint density at radius 1 is 1.55 bits per heavy atom. The molecule has 0 saturated carbocycles. The summed E-state index contributed by atoms with van der Waals surface area (Å²) in [5, 5.41) is 10.3. The second-order valence-electron chi connectivity index (χ2n) is 2.32. The first-order chi connectivity index (χ1) is 5.11.